The number of likely N-dealkylation sites (tertiary alicyclic amines) is 1. The fraction of sp³-hybridized carbons (Fsp3) is 0.318. The third kappa shape index (κ3) is 3.92. The van der Waals surface area contributed by atoms with E-state index in [-0.39, 0.29) is 23.4 Å². The highest BCUT2D eigenvalue weighted by Crippen LogP contribution is 2.27. The van der Waals surface area contributed by atoms with Crippen LogP contribution in [0.3, 0.4) is 0 Å². The van der Waals surface area contributed by atoms with Gasteiger partial charge in [-0.05, 0) is 38.0 Å². The van der Waals surface area contributed by atoms with Crippen LogP contribution >= 0.6 is 0 Å². The van der Waals surface area contributed by atoms with Crippen LogP contribution in [0.2, 0.25) is 0 Å². The minimum Gasteiger partial charge on any atom is -0.496 e. The van der Waals surface area contributed by atoms with Crippen LogP contribution in [0.4, 0.5) is 0 Å². The number of hydrogen-bond acceptors (Lipinski definition) is 4. The van der Waals surface area contributed by atoms with Crippen LogP contribution in [0.25, 0.3) is 0 Å². The van der Waals surface area contributed by atoms with Gasteiger partial charge in [0.1, 0.15) is 5.75 Å². The van der Waals surface area contributed by atoms with E-state index in [1.807, 2.05) is 12.1 Å². The molecule has 27 heavy (non-hydrogen) atoms. The van der Waals surface area contributed by atoms with Gasteiger partial charge in [0.05, 0.1) is 18.2 Å². The first-order valence-corrected chi connectivity index (χ1v) is 9.09. The summed E-state index contributed by atoms with van der Waals surface area (Å²) in [7, 11) is 1.54. The molecule has 2 aromatic carbocycles. The molecule has 0 unspecified atom stereocenters. The lowest BCUT2D eigenvalue weighted by Crippen LogP contribution is -2.42. The molecule has 0 bridgehead atoms. The van der Waals surface area contributed by atoms with E-state index in [1.165, 1.54) is 6.92 Å². The number of carbonyl (C=O) groups excluding carboxylic acids is 3. The van der Waals surface area contributed by atoms with E-state index in [4.69, 9.17) is 4.74 Å². The van der Waals surface area contributed by atoms with Gasteiger partial charge in [-0.25, -0.2) is 0 Å². The number of carbonyl (C=O) groups is 3. The van der Waals surface area contributed by atoms with Crippen molar-refractivity contribution < 1.29 is 19.1 Å². The molecule has 140 valence electrons. The van der Waals surface area contributed by atoms with Gasteiger partial charge in [0, 0.05) is 24.6 Å². The van der Waals surface area contributed by atoms with E-state index < -0.39 is 0 Å². The number of rotatable bonds is 5. The van der Waals surface area contributed by atoms with Crippen molar-refractivity contribution in [3.8, 4) is 5.75 Å². The molecule has 1 amide bonds. The number of methoxy groups -OCH3 is 1. The number of Topliss-reactive ketones (excluding diaryl/α,β-unsaturated/α-hetero) is 2. The average molecular weight is 365 g/mol. The number of benzene rings is 2. The number of para-hydroxylation sites is 1. The highest BCUT2D eigenvalue weighted by molar-refractivity contribution is 6.07. The van der Waals surface area contributed by atoms with Gasteiger partial charge in [0.25, 0.3) is 5.91 Å². The predicted molar refractivity (Wildman–Crippen MR) is 102 cm³/mol. The van der Waals surface area contributed by atoms with Gasteiger partial charge in [0.2, 0.25) is 0 Å². The molecule has 0 N–H and O–H groups in total. The van der Waals surface area contributed by atoms with Gasteiger partial charge in [0.15, 0.2) is 11.6 Å². The fourth-order valence-corrected chi connectivity index (χ4v) is 3.59. The zero-order valence-corrected chi connectivity index (χ0v) is 15.6. The van der Waals surface area contributed by atoms with Gasteiger partial charge in [-0.3, -0.25) is 14.4 Å². The zero-order valence-electron chi connectivity index (χ0n) is 15.6. The molecule has 1 fully saturated rings. The predicted octanol–water partition coefficient (Wildman–Crippen LogP) is 3.63. The summed E-state index contributed by atoms with van der Waals surface area (Å²) in [5, 5.41) is 0. The first-order valence-electron chi connectivity index (χ1n) is 9.09. The second-order valence-electron chi connectivity index (χ2n) is 6.76. The molecule has 0 spiro atoms. The summed E-state index contributed by atoms with van der Waals surface area (Å²) >= 11 is 0. The Morgan fingerprint density at radius 2 is 1.59 bits per heavy atom. The molecule has 5 nitrogen and oxygen atoms in total. The summed E-state index contributed by atoms with van der Waals surface area (Å²) < 4.78 is 5.30. The minimum absolute atomic E-state index is 0.00944. The molecule has 1 heterocycles. The lowest BCUT2D eigenvalue weighted by molar-refractivity contribution is 0.0633. The average Bonchev–Trinajstić information content (AvgIpc) is 2.72. The molecule has 0 saturated carbocycles. The standard InChI is InChI=1S/C22H23NO4/c1-15(24)17-9-3-4-10-18(17)22(26)23-13-7-8-16(14-23)21(25)19-11-5-6-12-20(19)27-2/h3-6,9-12,16H,7-8,13-14H2,1-2H3/t16-/m1/s1. The Hall–Kier alpha value is -2.95. The summed E-state index contributed by atoms with van der Waals surface area (Å²) in [6.45, 7) is 2.39. The number of amides is 1. The molecule has 1 atom stereocenters. The van der Waals surface area contributed by atoms with Crippen LogP contribution in [0.1, 0.15) is 50.8 Å². The molecule has 0 aliphatic carbocycles. The van der Waals surface area contributed by atoms with Crippen LogP contribution in [0.5, 0.6) is 5.75 Å². The number of ketones is 2. The Balaban J connectivity index is 1.81. The van der Waals surface area contributed by atoms with Crippen molar-refractivity contribution in [2.75, 3.05) is 20.2 Å². The van der Waals surface area contributed by atoms with Crippen LogP contribution in [0, 0.1) is 5.92 Å². The van der Waals surface area contributed by atoms with Crippen molar-refractivity contribution in [3.63, 3.8) is 0 Å². The summed E-state index contributed by atoms with van der Waals surface area (Å²) in [6.07, 6.45) is 1.48. The lowest BCUT2D eigenvalue weighted by Gasteiger charge is -2.32. The molecule has 1 aliphatic heterocycles. The van der Waals surface area contributed by atoms with Crippen molar-refractivity contribution in [2.45, 2.75) is 19.8 Å². The topological polar surface area (TPSA) is 63.7 Å². The largest absolute Gasteiger partial charge is 0.496 e. The number of hydrogen-bond donors (Lipinski definition) is 0. The lowest BCUT2D eigenvalue weighted by atomic mass is 9.89. The van der Waals surface area contributed by atoms with Crippen molar-refractivity contribution in [1.29, 1.82) is 0 Å². The molecule has 3 rings (SSSR count). The molecular formula is C22H23NO4. The first-order chi connectivity index (χ1) is 13.0. The monoisotopic (exact) mass is 365 g/mol. The molecule has 1 aliphatic rings. The normalized spacial score (nSPS) is 16.7. The fourth-order valence-electron chi connectivity index (χ4n) is 3.59. The molecule has 5 heteroatoms. The van der Waals surface area contributed by atoms with Crippen LogP contribution in [0.15, 0.2) is 48.5 Å². The highest BCUT2D eigenvalue weighted by atomic mass is 16.5. The van der Waals surface area contributed by atoms with Gasteiger partial charge >= 0.3 is 0 Å². The molecule has 2 aromatic rings. The summed E-state index contributed by atoms with van der Waals surface area (Å²) in [5.41, 5.74) is 1.36. The van der Waals surface area contributed by atoms with Gasteiger partial charge < -0.3 is 9.64 Å². The SMILES string of the molecule is COc1ccccc1C(=O)[C@@H]1CCCN(C(=O)c2ccccc2C(C)=O)C1. The Kier molecular flexibility index (Phi) is 5.69. The number of piperidine rings is 1. The maximum absolute atomic E-state index is 13.0. The quantitative estimate of drug-likeness (QED) is 0.759. The van der Waals surface area contributed by atoms with Crippen molar-refractivity contribution in [3.05, 3.63) is 65.2 Å². The third-order valence-electron chi connectivity index (χ3n) is 4.99. The second-order valence-corrected chi connectivity index (χ2v) is 6.76. The number of ether oxygens (including phenoxy) is 1. The van der Waals surface area contributed by atoms with Crippen LogP contribution < -0.4 is 4.74 Å². The molecule has 0 aromatic heterocycles. The van der Waals surface area contributed by atoms with Crippen molar-refractivity contribution in [2.24, 2.45) is 5.92 Å². The van der Waals surface area contributed by atoms with Gasteiger partial charge in [-0.1, -0.05) is 30.3 Å². The molecule has 0 radical (unpaired) electrons. The third-order valence-corrected chi connectivity index (χ3v) is 4.99. The Labute approximate surface area is 158 Å². The van der Waals surface area contributed by atoms with E-state index in [0.717, 1.165) is 12.8 Å². The minimum atomic E-state index is -0.275. The molecule has 1 saturated heterocycles. The van der Waals surface area contributed by atoms with E-state index in [1.54, 1.807) is 48.4 Å². The van der Waals surface area contributed by atoms with Crippen molar-refractivity contribution in [1.82, 2.24) is 4.90 Å². The van der Waals surface area contributed by atoms with E-state index in [9.17, 15) is 14.4 Å². The second kappa shape index (κ2) is 8.16. The zero-order chi connectivity index (χ0) is 19.4. The first kappa shape index (κ1) is 18.8. The Morgan fingerprint density at radius 1 is 0.963 bits per heavy atom. The Bertz CT molecular complexity index is 874. The smallest absolute Gasteiger partial charge is 0.254 e. The van der Waals surface area contributed by atoms with Crippen molar-refractivity contribution >= 4 is 17.5 Å². The van der Waals surface area contributed by atoms with Crippen LogP contribution in [-0.2, 0) is 0 Å². The maximum atomic E-state index is 13.0. The van der Waals surface area contributed by atoms with E-state index in [2.05, 4.69) is 0 Å². The Morgan fingerprint density at radius 3 is 2.26 bits per heavy atom. The number of nitrogens with zero attached hydrogens (tertiary/aromatic N) is 1. The summed E-state index contributed by atoms with van der Waals surface area (Å²) in [5.74, 6) is -0.0721. The summed E-state index contributed by atoms with van der Waals surface area (Å²) in [4.78, 5) is 39.5. The van der Waals surface area contributed by atoms with Gasteiger partial charge in [-0.2, -0.15) is 0 Å². The molecular weight excluding hydrogens is 342 g/mol. The maximum Gasteiger partial charge on any atom is 0.254 e. The highest BCUT2D eigenvalue weighted by Gasteiger charge is 2.31. The van der Waals surface area contributed by atoms with Crippen LogP contribution in [-0.4, -0.2) is 42.6 Å². The summed E-state index contributed by atoms with van der Waals surface area (Å²) in [6, 6.07) is 14.0. The van der Waals surface area contributed by atoms with E-state index >= 15 is 0 Å². The van der Waals surface area contributed by atoms with Gasteiger partial charge in [-0.15, -0.1) is 0 Å². The van der Waals surface area contributed by atoms with E-state index in [0.29, 0.717) is 35.5 Å².